The lowest BCUT2D eigenvalue weighted by molar-refractivity contribution is 0.561. The van der Waals surface area contributed by atoms with Crippen molar-refractivity contribution in [2.24, 2.45) is 0 Å². The van der Waals surface area contributed by atoms with E-state index in [0.29, 0.717) is 5.69 Å². The van der Waals surface area contributed by atoms with Gasteiger partial charge in [0.15, 0.2) is 0 Å². The molecule has 0 aliphatic heterocycles. The van der Waals surface area contributed by atoms with Crippen molar-refractivity contribution in [3.63, 3.8) is 0 Å². The second kappa shape index (κ2) is 4.30. The van der Waals surface area contributed by atoms with Crippen molar-refractivity contribution < 1.29 is 4.79 Å². The van der Waals surface area contributed by atoms with E-state index in [-0.39, 0.29) is 0 Å². The molecular weight excluding hydrogens is 186 g/mol. The van der Waals surface area contributed by atoms with Gasteiger partial charge in [-0.25, -0.2) is 0 Å². The van der Waals surface area contributed by atoms with Crippen LogP contribution in [0.2, 0.25) is 0 Å². The van der Waals surface area contributed by atoms with Crippen LogP contribution in [0.25, 0.3) is 10.9 Å². The van der Waals surface area contributed by atoms with Crippen molar-refractivity contribution in [1.82, 2.24) is 4.98 Å². The van der Waals surface area contributed by atoms with Gasteiger partial charge in [-0.1, -0.05) is 31.5 Å². The van der Waals surface area contributed by atoms with Crippen LogP contribution < -0.4 is 0 Å². The first kappa shape index (κ1) is 9.97. The molecular formula is C13H14NO. The number of fused-ring (bicyclic) bond motifs is 1. The van der Waals surface area contributed by atoms with Crippen LogP contribution in [0.3, 0.4) is 0 Å². The highest BCUT2D eigenvalue weighted by Crippen LogP contribution is 2.22. The van der Waals surface area contributed by atoms with E-state index in [2.05, 4.69) is 18.0 Å². The molecule has 1 aromatic carbocycles. The predicted molar refractivity (Wildman–Crippen MR) is 61.7 cm³/mol. The first-order chi connectivity index (χ1) is 7.36. The third-order valence-electron chi connectivity index (χ3n) is 2.70. The average Bonchev–Trinajstić information content (AvgIpc) is 2.64. The minimum Gasteiger partial charge on any atom is -0.351 e. The molecule has 1 radical (unpaired) electrons. The van der Waals surface area contributed by atoms with Gasteiger partial charge in [0, 0.05) is 10.9 Å². The number of H-pyrrole nitrogens is 1. The lowest BCUT2D eigenvalue weighted by Gasteiger charge is -1.97. The number of hydrogen-bond donors (Lipinski definition) is 1. The molecule has 0 fully saturated rings. The van der Waals surface area contributed by atoms with E-state index < -0.39 is 0 Å². The van der Waals surface area contributed by atoms with Crippen LogP contribution in [-0.4, -0.2) is 11.3 Å². The van der Waals surface area contributed by atoms with Crippen LogP contribution in [0.1, 0.15) is 31.0 Å². The Morgan fingerprint density at radius 3 is 2.87 bits per heavy atom. The highest BCUT2D eigenvalue weighted by molar-refractivity contribution is 5.92. The van der Waals surface area contributed by atoms with Crippen molar-refractivity contribution in [2.75, 3.05) is 0 Å². The number of aryl methyl sites for hydroxylation is 1. The van der Waals surface area contributed by atoms with Gasteiger partial charge in [0.1, 0.15) is 0 Å². The fraction of sp³-hybridized carbons (Fsp3) is 0.308. The Kier molecular flexibility index (Phi) is 2.86. The SMILES string of the molecule is CCCCc1c([C]=O)[nH]c2ccccc12. The molecule has 2 aromatic rings. The fourth-order valence-corrected chi connectivity index (χ4v) is 1.90. The molecule has 1 aromatic heterocycles. The number of para-hydroxylation sites is 1. The van der Waals surface area contributed by atoms with Gasteiger partial charge in [-0.05, 0) is 24.5 Å². The molecule has 0 saturated carbocycles. The smallest absolute Gasteiger partial charge is 0.251 e. The van der Waals surface area contributed by atoms with Crippen LogP contribution in [-0.2, 0) is 11.2 Å². The first-order valence-corrected chi connectivity index (χ1v) is 5.34. The zero-order chi connectivity index (χ0) is 10.7. The number of carbonyl (C=O) groups excluding carboxylic acids is 1. The average molecular weight is 200 g/mol. The standard InChI is InChI=1S/C13H14NO/c1-2-3-6-11-10-7-4-5-8-12(10)14-13(11)9-15/h4-5,7-8,14H,2-3,6H2,1H3. The number of aromatic amines is 1. The molecule has 0 aliphatic carbocycles. The van der Waals surface area contributed by atoms with Crippen LogP contribution in [0.5, 0.6) is 0 Å². The van der Waals surface area contributed by atoms with Gasteiger partial charge < -0.3 is 4.98 Å². The van der Waals surface area contributed by atoms with Crippen LogP contribution in [0.15, 0.2) is 24.3 Å². The summed E-state index contributed by atoms with van der Waals surface area (Å²) in [6, 6.07) is 8.01. The second-order valence-corrected chi connectivity index (χ2v) is 3.73. The summed E-state index contributed by atoms with van der Waals surface area (Å²) in [5.41, 5.74) is 2.76. The normalized spacial score (nSPS) is 10.7. The van der Waals surface area contributed by atoms with Crippen molar-refractivity contribution in [2.45, 2.75) is 26.2 Å². The Labute approximate surface area is 89.3 Å². The summed E-state index contributed by atoms with van der Waals surface area (Å²) in [4.78, 5) is 13.9. The van der Waals surface area contributed by atoms with Gasteiger partial charge >= 0.3 is 0 Å². The monoisotopic (exact) mass is 200 g/mol. The van der Waals surface area contributed by atoms with Crippen LogP contribution >= 0.6 is 0 Å². The third kappa shape index (κ3) is 1.80. The highest BCUT2D eigenvalue weighted by atomic mass is 16.1. The zero-order valence-electron chi connectivity index (χ0n) is 8.84. The molecule has 15 heavy (non-hydrogen) atoms. The molecule has 0 unspecified atom stereocenters. The van der Waals surface area contributed by atoms with Crippen molar-refractivity contribution >= 4 is 17.2 Å². The van der Waals surface area contributed by atoms with E-state index in [4.69, 9.17) is 0 Å². The van der Waals surface area contributed by atoms with Gasteiger partial charge in [-0.2, -0.15) is 0 Å². The van der Waals surface area contributed by atoms with E-state index >= 15 is 0 Å². The lowest BCUT2D eigenvalue weighted by atomic mass is 10.1. The maximum atomic E-state index is 10.8. The number of benzene rings is 1. The van der Waals surface area contributed by atoms with Crippen LogP contribution in [0.4, 0.5) is 0 Å². The Bertz CT molecular complexity index is 470. The van der Waals surface area contributed by atoms with E-state index in [1.54, 1.807) is 0 Å². The maximum absolute atomic E-state index is 10.8. The number of rotatable bonds is 4. The molecule has 0 amide bonds. The molecule has 2 nitrogen and oxygen atoms in total. The lowest BCUT2D eigenvalue weighted by Crippen LogP contribution is -1.90. The summed E-state index contributed by atoms with van der Waals surface area (Å²) in [5, 5.41) is 1.16. The molecule has 0 saturated heterocycles. The maximum Gasteiger partial charge on any atom is 0.251 e. The van der Waals surface area contributed by atoms with Gasteiger partial charge in [0.2, 0.25) is 0 Å². The van der Waals surface area contributed by atoms with E-state index in [1.807, 2.05) is 24.5 Å². The summed E-state index contributed by atoms with van der Waals surface area (Å²) in [6.07, 6.45) is 5.18. The molecule has 2 rings (SSSR count). The zero-order valence-corrected chi connectivity index (χ0v) is 8.84. The molecule has 0 aliphatic rings. The molecule has 1 heterocycles. The van der Waals surface area contributed by atoms with Gasteiger partial charge in [-0.3, -0.25) is 4.79 Å². The summed E-state index contributed by atoms with van der Waals surface area (Å²) in [7, 11) is 0. The summed E-state index contributed by atoms with van der Waals surface area (Å²) in [6.45, 7) is 2.15. The molecule has 0 atom stereocenters. The van der Waals surface area contributed by atoms with Gasteiger partial charge in [0.25, 0.3) is 6.29 Å². The fourth-order valence-electron chi connectivity index (χ4n) is 1.90. The quantitative estimate of drug-likeness (QED) is 0.808. The number of nitrogens with one attached hydrogen (secondary N) is 1. The molecule has 1 N–H and O–H groups in total. The van der Waals surface area contributed by atoms with E-state index in [1.165, 1.54) is 0 Å². The second-order valence-electron chi connectivity index (χ2n) is 3.73. The topological polar surface area (TPSA) is 32.9 Å². The molecule has 0 bridgehead atoms. The van der Waals surface area contributed by atoms with E-state index in [0.717, 1.165) is 35.7 Å². The summed E-state index contributed by atoms with van der Waals surface area (Å²) < 4.78 is 0. The number of aromatic nitrogens is 1. The Morgan fingerprint density at radius 2 is 2.13 bits per heavy atom. The summed E-state index contributed by atoms with van der Waals surface area (Å²) in [5.74, 6) is 0. The molecule has 77 valence electrons. The van der Waals surface area contributed by atoms with Crippen molar-refractivity contribution in [3.8, 4) is 0 Å². The van der Waals surface area contributed by atoms with E-state index in [9.17, 15) is 4.79 Å². The largest absolute Gasteiger partial charge is 0.351 e. The van der Waals surface area contributed by atoms with Gasteiger partial charge in [0.05, 0.1) is 5.69 Å². The predicted octanol–water partition coefficient (Wildman–Crippen LogP) is 2.97. The van der Waals surface area contributed by atoms with Crippen molar-refractivity contribution in [1.29, 1.82) is 0 Å². The van der Waals surface area contributed by atoms with Crippen LogP contribution in [0, 0.1) is 0 Å². The third-order valence-corrected chi connectivity index (χ3v) is 2.70. The minimum absolute atomic E-state index is 0.615. The van der Waals surface area contributed by atoms with Gasteiger partial charge in [-0.15, -0.1) is 0 Å². The minimum atomic E-state index is 0.615. The Balaban J connectivity index is 2.51. The summed E-state index contributed by atoms with van der Waals surface area (Å²) >= 11 is 0. The number of hydrogen-bond acceptors (Lipinski definition) is 1. The number of unbranched alkanes of at least 4 members (excludes halogenated alkanes) is 1. The first-order valence-electron chi connectivity index (χ1n) is 5.34. The Morgan fingerprint density at radius 1 is 1.33 bits per heavy atom. The van der Waals surface area contributed by atoms with Crippen molar-refractivity contribution in [3.05, 3.63) is 35.5 Å². The highest BCUT2D eigenvalue weighted by Gasteiger charge is 2.09. The molecule has 2 heteroatoms. The Hall–Kier alpha value is -1.57. The molecule has 0 spiro atoms.